The number of ether oxygens (including phenoxy) is 1. The maximum absolute atomic E-state index is 13.6. The van der Waals surface area contributed by atoms with Gasteiger partial charge in [0.15, 0.2) is 0 Å². The van der Waals surface area contributed by atoms with E-state index in [0.717, 1.165) is 51.1 Å². The number of piperidine rings is 1. The van der Waals surface area contributed by atoms with Crippen molar-refractivity contribution in [2.75, 3.05) is 46.4 Å². The molecular weight excluding hydrogens is 330 g/mol. The number of amides is 2. The Labute approximate surface area is 157 Å². The van der Waals surface area contributed by atoms with Crippen molar-refractivity contribution in [2.45, 2.75) is 52.0 Å². The van der Waals surface area contributed by atoms with Crippen molar-refractivity contribution in [3.05, 3.63) is 11.8 Å². The Kier molecular flexibility index (Phi) is 6.03. The fourth-order valence-corrected chi connectivity index (χ4v) is 4.67. The molecule has 0 spiro atoms. The third-order valence-electron chi connectivity index (χ3n) is 6.25. The summed E-state index contributed by atoms with van der Waals surface area (Å²) >= 11 is 0. The van der Waals surface area contributed by atoms with Crippen LogP contribution in [-0.2, 0) is 14.3 Å². The average molecular weight is 364 g/mol. The van der Waals surface area contributed by atoms with Gasteiger partial charge < -0.3 is 14.5 Å². The molecule has 0 aromatic heterocycles. The topological polar surface area (TPSA) is 53.1 Å². The molecule has 6 nitrogen and oxygen atoms in total. The summed E-state index contributed by atoms with van der Waals surface area (Å²) < 4.78 is 5.19. The summed E-state index contributed by atoms with van der Waals surface area (Å²) in [5.74, 6) is 0.366. The minimum absolute atomic E-state index is 0.128. The molecule has 6 heteroatoms. The highest BCUT2D eigenvalue weighted by Crippen LogP contribution is 2.48. The molecule has 0 aromatic rings. The second kappa shape index (κ2) is 8.09. The number of likely N-dealkylation sites (tertiary alicyclic amines) is 1. The summed E-state index contributed by atoms with van der Waals surface area (Å²) in [7, 11) is 1.65. The highest BCUT2D eigenvalue weighted by molar-refractivity contribution is 5.91. The van der Waals surface area contributed by atoms with Gasteiger partial charge in [0.05, 0.1) is 12.0 Å². The van der Waals surface area contributed by atoms with Gasteiger partial charge >= 0.3 is 0 Å². The lowest BCUT2D eigenvalue weighted by atomic mass is 9.68. The molecule has 3 aliphatic rings. The van der Waals surface area contributed by atoms with E-state index in [4.69, 9.17) is 4.74 Å². The van der Waals surface area contributed by atoms with Gasteiger partial charge in [-0.3, -0.25) is 14.5 Å². The highest BCUT2D eigenvalue weighted by atomic mass is 16.5. The summed E-state index contributed by atoms with van der Waals surface area (Å²) in [6.45, 7) is 8.90. The number of hydrogen-bond donors (Lipinski definition) is 0. The van der Waals surface area contributed by atoms with Crippen molar-refractivity contribution in [1.82, 2.24) is 14.7 Å². The van der Waals surface area contributed by atoms with Crippen molar-refractivity contribution in [3.63, 3.8) is 0 Å². The number of rotatable bonds is 5. The minimum atomic E-state index is -0.500. The van der Waals surface area contributed by atoms with E-state index in [2.05, 4.69) is 24.8 Å². The van der Waals surface area contributed by atoms with Crippen molar-refractivity contribution in [3.8, 4) is 0 Å². The Hall–Kier alpha value is -1.40. The van der Waals surface area contributed by atoms with Crippen LogP contribution in [0.2, 0.25) is 0 Å². The van der Waals surface area contributed by atoms with Crippen molar-refractivity contribution in [2.24, 2.45) is 5.41 Å². The maximum atomic E-state index is 13.6. The number of carbonyl (C=O) groups excluding carboxylic acids is 2. The third kappa shape index (κ3) is 3.54. The van der Waals surface area contributed by atoms with Crippen molar-refractivity contribution >= 4 is 11.8 Å². The van der Waals surface area contributed by atoms with Gasteiger partial charge in [0.2, 0.25) is 11.8 Å². The first-order chi connectivity index (χ1) is 12.5. The molecule has 2 saturated heterocycles. The van der Waals surface area contributed by atoms with Crippen LogP contribution in [0.1, 0.15) is 46.0 Å². The van der Waals surface area contributed by atoms with Crippen LogP contribution in [0.3, 0.4) is 0 Å². The predicted molar refractivity (Wildman–Crippen MR) is 100 cm³/mol. The Balaban J connectivity index is 1.79. The van der Waals surface area contributed by atoms with Gasteiger partial charge in [-0.25, -0.2) is 0 Å². The van der Waals surface area contributed by atoms with E-state index in [1.165, 1.54) is 0 Å². The van der Waals surface area contributed by atoms with Crippen LogP contribution in [-0.4, -0.2) is 79.0 Å². The van der Waals surface area contributed by atoms with Crippen LogP contribution < -0.4 is 0 Å². The summed E-state index contributed by atoms with van der Waals surface area (Å²) in [4.78, 5) is 32.4. The lowest BCUT2D eigenvalue weighted by Gasteiger charge is -2.49. The molecule has 0 saturated carbocycles. The molecular formula is C20H33N3O3. The third-order valence-corrected chi connectivity index (χ3v) is 6.25. The van der Waals surface area contributed by atoms with Crippen LogP contribution in [0, 0.1) is 5.41 Å². The molecule has 3 rings (SSSR count). The Morgan fingerprint density at radius 2 is 1.96 bits per heavy atom. The molecule has 1 atom stereocenters. The molecule has 0 N–H and O–H groups in total. The van der Waals surface area contributed by atoms with Crippen LogP contribution in [0.15, 0.2) is 11.8 Å². The van der Waals surface area contributed by atoms with E-state index in [0.29, 0.717) is 32.0 Å². The monoisotopic (exact) mass is 363 g/mol. The first-order valence-electron chi connectivity index (χ1n) is 10.0. The fraction of sp³-hybridized carbons (Fsp3) is 0.800. The second-order valence-corrected chi connectivity index (χ2v) is 8.02. The zero-order valence-corrected chi connectivity index (χ0v) is 16.5. The fourth-order valence-electron chi connectivity index (χ4n) is 4.67. The number of nitrogens with zero attached hydrogens (tertiary/aromatic N) is 3. The number of fused-ring (bicyclic) bond motifs is 1. The molecule has 2 aliphatic heterocycles. The predicted octanol–water partition coefficient (Wildman–Crippen LogP) is 1.86. The molecule has 0 radical (unpaired) electrons. The number of hydrogen-bond acceptors (Lipinski definition) is 4. The van der Waals surface area contributed by atoms with Crippen molar-refractivity contribution < 1.29 is 14.3 Å². The Bertz CT molecular complexity index is 567. The summed E-state index contributed by atoms with van der Waals surface area (Å²) in [5, 5.41) is 0. The van der Waals surface area contributed by atoms with Gasteiger partial charge in [0, 0.05) is 58.0 Å². The normalized spacial score (nSPS) is 27.5. The summed E-state index contributed by atoms with van der Waals surface area (Å²) in [6, 6.07) is 0.521. The van der Waals surface area contributed by atoms with Crippen LogP contribution in [0.4, 0.5) is 0 Å². The first kappa shape index (κ1) is 19.4. The Morgan fingerprint density at radius 3 is 2.62 bits per heavy atom. The lowest BCUT2D eigenvalue weighted by Crippen LogP contribution is -2.58. The quantitative estimate of drug-likeness (QED) is 0.748. The summed E-state index contributed by atoms with van der Waals surface area (Å²) in [5.41, 5.74) is 0.452. The molecule has 2 heterocycles. The number of carbonyl (C=O) groups is 2. The standard InChI is InChI=1S/C20H33N3O3/c1-16(2)21-10-12-22(13-11-21)19(25)20-8-5-4-6-17(20)23(14-15-26-3)18(24)7-9-20/h6,16H,4-5,7-15H2,1-3H3. The molecule has 146 valence electrons. The number of piperazine rings is 1. The van der Waals surface area contributed by atoms with E-state index in [9.17, 15) is 9.59 Å². The van der Waals surface area contributed by atoms with Gasteiger partial charge in [-0.15, -0.1) is 0 Å². The number of methoxy groups -OCH3 is 1. The second-order valence-electron chi connectivity index (χ2n) is 8.02. The Morgan fingerprint density at radius 1 is 1.23 bits per heavy atom. The van der Waals surface area contributed by atoms with E-state index in [1.54, 1.807) is 7.11 Å². The smallest absolute Gasteiger partial charge is 0.234 e. The molecule has 0 aromatic carbocycles. The highest BCUT2D eigenvalue weighted by Gasteiger charge is 2.51. The zero-order valence-electron chi connectivity index (χ0n) is 16.5. The SMILES string of the molecule is COCCN1C(=O)CCC2(C(=O)N3CCN(C(C)C)CC3)CCCC=C12. The number of allylic oxidation sites excluding steroid dienone is 1. The first-order valence-corrected chi connectivity index (χ1v) is 10.0. The van der Waals surface area contributed by atoms with E-state index < -0.39 is 5.41 Å². The molecule has 26 heavy (non-hydrogen) atoms. The van der Waals surface area contributed by atoms with Crippen LogP contribution >= 0.6 is 0 Å². The van der Waals surface area contributed by atoms with Crippen molar-refractivity contribution in [1.29, 1.82) is 0 Å². The van der Waals surface area contributed by atoms with E-state index in [-0.39, 0.29) is 11.8 Å². The molecule has 0 bridgehead atoms. The van der Waals surface area contributed by atoms with Gasteiger partial charge in [-0.1, -0.05) is 6.08 Å². The van der Waals surface area contributed by atoms with Crippen LogP contribution in [0.5, 0.6) is 0 Å². The summed E-state index contributed by atoms with van der Waals surface area (Å²) in [6.07, 6.45) is 6.08. The maximum Gasteiger partial charge on any atom is 0.234 e. The lowest BCUT2D eigenvalue weighted by molar-refractivity contribution is -0.149. The molecule has 2 fully saturated rings. The largest absolute Gasteiger partial charge is 0.383 e. The zero-order chi connectivity index (χ0) is 18.7. The molecule has 1 aliphatic carbocycles. The van der Waals surface area contributed by atoms with Gasteiger partial charge in [0.25, 0.3) is 0 Å². The van der Waals surface area contributed by atoms with Gasteiger partial charge in [-0.2, -0.15) is 0 Å². The van der Waals surface area contributed by atoms with Gasteiger partial charge in [-0.05, 0) is 39.5 Å². The van der Waals surface area contributed by atoms with Gasteiger partial charge in [0.1, 0.15) is 0 Å². The minimum Gasteiger partial charge on any atom is -0.383 e. The average Bonchev–Trinajstić information content (AvgIpc) is 2.66. The van der Waals surface area contributed by atoms with Crippen LogP contribution in [0.25, 0.3) is 0 Å². The van der Waals surface area contributed by atoms with E-state index >= 15 is 0 Å². The molecule has 2 amide bonds. The van der Waals surface area contributed by atoms with E-state index in [1.807, 2.05) is 9.80 Å². The molecule has 1 unspecified atom stereocenters.